The summed E-state index contributed by atoms with van der Waals surface area (Å²) in [7, 11) is -2.45. The number of aryl methyl sites for hydroxylation is 2. The van der Waals surface area contributed by atoms with Gasteiger partial charge in [0, 0.05) is 29.8 Å². The monoisotopic (exact) mass is 614 g/mol. The highest BCUT2D eigenvalue weighted by atomic mass is 32.2. The van der Waals surface area contributed by atoms with Gasteiger partial charge in [-0.15, -0.1) is 0 Å². The van der Waals surface area contributed by atoms with Gasteiger partial charge in [0.15, 0.2) is 11.9 Å². The average Bonchev–Trinajstić information content (AvgIpc) is 3.41. The summed E-state index contributed by atoms with van der Waals surface area (Å²) in [5.74, 6) is -0.957. The van der Waals surface area contributed by atoms with Gasteiger partial charge in [-0.05, 0) is 61.5 Å². The Morgan fingerprint density at radius 1 is 0.977 bits per heavy atom. The Bertz CT molecular complexity index is 2030. The number of pyridine rings is 1. The molecular formula is C32H30N4O7S. The number of carbonyl (C=O) groups excluding carboxylic acids is 2. The number of aromatic nitrogens is 2. The van der Waals surface area contributed by atoms with Crippen molar-refractivity contribution in [2.75, 3.05) is 10.0 Å². The lowest BCUT2D eigenvalue weighted by atomic mass is 9.96. The zero-order valence-electron chi connectivity index (χ0n) is 24.5. The molecule has 5 rings (SSSR count). The number of benzene rings is 3. The maximum Gasteiger partial charge on any atom is 0.356 e. The van der Waals surface area contributed by atoms with E-state index in [0.717, 1.165) is 11.1 Å². The van der Waals surface area contributed by atoms with E-state index in [1.165, 1.54) is 41.9 Å². The second-order valence-corrected chi connectivity index (χ2v) is 11.9. The van der Waals surface area contributed by atoms with Crippen molar-refractivity contribution in [1.82, 2.24) is 9.72 Å². The number of sulfonamides is 1. The van der Waals surface area contributed by atoms with E-state index in [4.69, 9.17) is 9.26 Å². The maximum atomic E-state index is 13.7. The van der Waals surface area contributed by atoms with E-state index in [9.17, 15) is 22.8 Å². The second-order valence-electron chi connectivity index (χ2n) is 10.2. The lowest BCUT2D eigenvalue weighted by molar-refractivity contribution is -0.124. The van der Waals surface area contributed by atoms with Crippen LogP contribution in [-0.2, 0) is 26.6 Å². The van der Waals surface area contributed by atoms with Crippen LogP contribution in [0.1, 0.15) is 35.2 Å². The molecule has 2 heterocycles. The molecule has 2 N–H and O–H groups in total. The Morgan fingerprint density at radius 2 is 1.64 bits per heavy atom. The van der Waals surface area contributed by atoms with Crippen molar-refractivity contribution in [3.63, 3.8) is 0 Å². The fourth-order valence-electron chi connectivity index (χ4n) is 4.78. The first kappa shape index (κ1) is 30.2. The van der Waals surface area contributed by atoms with Crippen molar-refractivity contribution < 1.29 is 27.3 Å². The van der Waals surface area contributed by atoms with Gasteiger partial charge in [-0.25, -0.2) is 13.2 Å². The average molecular weight is 615 g/mol. The number of fused-ring (bicyclic) bond motifs is 1. The van der Waals surface area contributed by atoms with Crippen LogP contribution in [0.3, 0.4) is 0 Å². The predicted molar refractivity (Wildman–Crippen MR) is 166 cm³/mol. The molecule has 44 heavy (non-hydrogen) atoms. The number of anilines is 2. The number of carbonyl (C=O) groups is 2. The van der Waals surface area contributed by atoms with Crippen LogP contribution in [0.5, 0.6) is 0 Å². The number of hydrogen-bond acceptors (Lipinski definition) is 8. The fraction of sp³-hybridized carbons (Fsp3) is 0.188. The molecule has 0 aliphatic heterocycles. The lowest BCUT2D eigenvalue weighted by Gasteiger charge is -2.20. The summed E-state index contributed by atoms with van der Waals surface area (Å²) in [6.07, 6.45) is -1.05. The van der Waals surface area contributed by atoms with Crippen molar-refractivity contribution in [1.29, 1.82) is 0 Å². The predicted octanol–water partition coefficient (Wildman–Crippen LogP) is 5.19. The third-order valence-corrected chi connectivity index (χ3v) is 8.42. The number of nitrogens with zero attached hydrogens (tertiary/aromatic N) is 2. The minimum Gasteiger partial charge on any atom is -0.448 e. The van der Waals surface area contributed by atoms with Gasteiger partial charge in [-0.2, -0.15) is 0 Å². The molecule has 1 amide bonds. The third kappa shape index (κ3) is 6.11. The number of ether oxygens (including phenoxy) is 1. The molecule has 0 saturated heterocycles. The summed E-state index contributed by atoms with van der Waals surface area (Å²) in [6.45, 7) is 5.27. The standard InChI is InChI=1S/C32H30N4O7S/c1-5-26(30(37)33-22-14-16-23(17-15-22)44(40,41)35-27-18-20(3)43-34-27)42-32(39)29-28(21-12-10-19(2)11-13-21)24-8-6-7-9-25(24)31(38)36(29)4/h6-18,26H,5H2,1-4H3,(H,33,37)(H,34,35). The van der Waals surface area contributed by atoms with Gasteiger partial charge in [0.2, 0.25) is 0 Å². The normalized spacial score (nSPS) is 12.1. The smallest absolute Gasteiger partial charge is 0.356 e. The lowest BCUT2D eigenvalue weighted by Crippen LogP contribution is -2.34. The van der Waals surface area contributed by atoms with Gasteiger partial charge in [0.05, 0.1) is 4.90 Å². The molecule has 12 heteroatoms. The van der Waals surface area contributed by atoms with Crippen LogP contribution in [0.15, 0.2) is 93.1 Å². The molecule has 1 unspecified atom stereocenters. The first-order chi connectivity index (χ1) is 21.0. The molecule has 2 aromatic heterocycles. The molecule has 3 aromatic carbocycles. The molecule has 0 saturated carbocycles. The summed E-state index contributed by atoms with van der Waals surface area (Å²) in [4.78, 5) is 40.1. The fourth-order valence-corrected chi connectivity index (χ4v) is 5.76. The van der Waals surface area contributed by atoms with Crippen molar-refractivity contribution in [3.05, 3.63) is 106 Å². The minimum atomic E-state index is -3.95. The SMILES string of the molecule is CCC(OC(=O)c1c(-c2ccc(C)cc2)c2ccccc2c(=O)n1C)C(=O)Nc1ccc(S(=O)(=O)Nc2cc(C)on2)cc1. The van der Waals surface area contributed by atoms with Crippen LogP contribution in [-0.4, -0.2) is 36.1 Å². The van der Waals surface area contributed by atoms with Crippen LogP contribution in [0.25, 0.3) is 21.9 Å². The van der Waals surface area contributed by atoms with E-state index < -0.39 is 28.0 Å². The molecule has 0 aliphatic carbocycles. The molecular weight excluding hydrogens is 584 g/mol. The molecule has 0 aliphatic rings. The quantitative estimate of drug-likeness (QED) is 0.216. The molecule has 0 spiro atoms. The Labute approximate surface area is 253 Å². The summed E-state index contributed by atoms with van der Waals surface area (Å²) in [5.41, 5.74) is 2.21. The summed E-state index contributed by atoms with van der Waals surface area (Å²) in [6, 6.07) is 21.5. The largest absolute Gasteiger partial charge is 0.448 e. The highest BCUT2D eigenvalue weighted by Gasteiger charge is 2.28. The highest BCUT2D eigenvalue weighted by molar-refractivity contribution is 7.92. The molecule has 1 atom stereocenters. The van der Waals surface area contributed by atoms with Gasteiger partial charge < -0.3 is 19.1 Å². The van der Waals surface area contributed by atoms with E-state index in [-0.39, 0.29) is 28.4 Å². The number of hydrogen-bond donors (Lipinski definition) is 2. The van der Waals surface area contributed by atoms with Gasteiger partial charge >= 0.3 is 5.97 Å². The molecule has 11 nitrogen and oxygen atoms in total. The molecule has 0 radical (unpaired) electrons. The van der Waals surface area contributed by atoms with Gasteiger partial charge in [0.1, 0.15) is 11.5 Å². The number of amides is 1. The highest BCUT2D eigenvalue weighted by Crippen LogP contribution is 2.31. The number of nitrogens with one attached hydrogen (secondary N) is 2. The Kier molecular flexibility index (Phi) is 8.36. The van der Waals surface area contributed by atoms with Crippen LogP contribution in [0.4, 0.5) is 11.5 Å². The molecule has 0 bridgehead atoms. The van der Waals surface area contributed by atoms with E-state index in [1.54, 1.807) is 38.1 Å². The number of rotatable bonds is 9. The first-order valence-electron chi connectivity index (χ1n) is 13.7. The zero-order valence-corrected chi connectivity index (χ0v) is 25.3. The van der Waals surface area contributed by atoms with Crippen LogP contribution in [0, 0.1) is 13.8 Å². The van der Waals surface area contributed by atoms with Crippen molar-refractivity contribution in [2.45, 2.75) is 38.2 Å². The minimum absolute atomic E-state index is 0.0215. The first-order valence-corrected chi connectivity index (χ1v) is 15.2. The van der Waals surface area contributed by atoms with Gasteiger partial charge in [-0.3, -0.25) is 14.3 Å². The molecule has 0 fully saturated rings. The summed E-state index contributed by atoms with van der Waals surface area (Å²) >= 11 is 0. The Morgan fingerprint density at radius 3 is 2.25 bits per heavy atom. The molecule has 226 valence electrons. The van der Waals surface area contributed by atoms with Gasteiger partial charge in [-0.1, -0.05) is 60.1 Å². The van der Waals surface area contributed by atoms with Crippen LogP contribution >= 0.6 is 0 Å². The maximum absolute atomic E-state index is 13.7. The van der Waals surface area contributed by atoms with E-state index in [0.29, 0.717) is 27.8 Å². The van der Waals surface area contributed by atoms with E-state index in [1.807, 2.05) is 31.2 Å². The summed E-state index contributed by atoms with van der Waals surface area (Å²) < 4.78 is 39.5. The van der Waals surface area contributed by atoms with E-state index in [2.05, 4.69) is 15.2 Å². The summed E-state index contributed by atoms with van der Waals surface area (Å²) in [5, 5.41) is 7.33. The second kappa shape index (κ2) is 12.2. The van der Waals surface area contributed by atoms with Crippen molar-refractivity contribution in [2.24, 2.45) is 7.05 Å². The van der Waals surface area contributed by atoms with Crippen LogP contribution in [0.2, 0.25) is 0 Å². The van der Waals surface area contributed by atoms with Gasteiger partial charge in [0.25, 0.3) is 21.5 Å². The topological polar surface area (TPSA) is 150 Å². The van der Waals surface area contributed by atoms with Crippen molar-refractivity contribution >= 4 is 44.2 Å². The molecule has 5 aromatic rings. The number of esters is 1. The third-order valence-electron chi connectivity index (χ3n) is 7.05. The van der Waals surface area contributed by atoms with Crippen molar-refractivity contribution in [3.8, 4) is 11.1 Å². The Hall–Kier alpha value is -5.23. The zero-order chi connectivity index (χ0) is 31.6. The van der Waals surface area contributed by atoms with Crippen LogP contribution < -0.4 is 15.6 Å². The Balaban J connectivity index is 1.39. The van der Waals surface area contributed by atoms with E-state index >= 15 is 0 Å².